The summed E-state index contributed by atoms with van der Waals surface area (Å²) in [7, 11) is 0. The molecule has 0 spiro atoms. The monoisotopic (exact) mass is 259 g/mol. The van der Waals surface area contributed by atoms with E-state index in [2.05, 4.69) is 5.32 Å². The molecule has 1 saturated heterocycles. The van der Waals surface area contributed by atoms with Crippen LogP contribution in [0, 0.1) is 5.92 Å². The van der Waals surface area contributed by atoms with E-state index in [-0.39, 0.29) is 5.92 Å². The van der Waals surface area contributed by atoms with Crippen LogP contribution in [0.4, 0.5) is 4.79 Å². The molecule has 1 amide bonds. The lowest BCUT2D eigenvalue weighted by atomic mass is 9.99. The molecule has 0 aromatic rings. The number of amides is 1. The van der Waals surface area contributed by atoms with Crippen molar-refractivity contribution in [1.29, 1.82) is 0 Å². The van der Waals surface area contributed by atoms with E-state index < -0.39 is 23.7 Å². The van der Waals surface area contributed by atoms with Crippen LogP contribution in [-0.2, 0) is 14.3 Å². The molecular formula is C12H21NO5. The number of hydrogen-bond donors (Lipinski definition) is 2. The summed E-state index contributed by atoms with van der Waals surface area (Å²) in [6, 6.07) is -0.924. The van der Waals surface area contributed by atoms with Gasteiger partial charge in [0, 0.05) is 13.2 Å². The zero-order valence-corrected chi connectivity index (χ0v) is 11.1. The number of alkyl carbamates (subject to hydrolysis) is 1. The number of carboxylic acid groups (broad SMARTS) is 1. The number of hydrogen-bond acceptors (Lipinski definition) is 4. The van der Waals surface area contributed by atoms with Gasteiger partial charge in [0.2, 0.25) is 0 Å². The Balaban J connectivity index is 2.46. The van der Waals surface area contributed by atoms with Crippen molar-refractivity contribution >= 4 is 12.1 Å². The average molecular weight is 259 g/mol. The van der Waals surface area contributed by atoms with E-state index in [1.165, 1.54) is 0 Å². The largest absolute Gasteiger partial charge is 0.480 e. The smallest absolute Gasteiger partial charge is 0.408 e. The third-order valence-corrected chi connectivity index (χ3v) is 2.58. The Bertz CT molecular complexity index is 304. The lowest BCUT2D eigenvalue weighted by molar-refractivity contribution is -0.140. The molecule has 0 aliphatic carbocycles. The van der Waals surface area contributed by atoms with Crippen LogP contribution in [0.3, 0.4) is 0 Å². The van der Waals surface area contributed by atoms with Crippen LogP contribution in [0.15, 0.2) is 0 Å². The second kappa shape index (κ2) is 6.04. The highest BCUT2D eigenvalue weighted by Gasteiger charge is 2.28. The topological polar surface area (TPSA) is 84.9 Å². The summed E-state index contributed by atoms with van der Waals surface area (Å²) in [4.78, 5) is 22.6. The second-order valence-corrected chi connectivity index (χ2v) is 5.50. The van der Waals surface area contributed by atoms with Crippen molar-refractivity contribution in [2.24, 2.45) is 5.92 Å². The number of carbonyl (C=O) groups excluding carboxylic acids is 1. The SMILES string of the molecule is CC(C)(C)OC(=O)N[C@@H](CC1CCOC1)C(=O)O. The minimum atomic E-state index is -1.05. The van der Waals surface area contributed by atoms with Gasteiger partial charge < -0.3 is 19.9 Å². The van der Waals surface area contributed by atoms with Gasteiger partial charge in [-0.3, -0.25) is 0 Å². The number of carboxylic acids is 1. The van der Waals surface area contributed by atoms with E-state index in [4.69, 9.17) is 14.6 Å². The van der Waals surface area contributed by atoms with Crippen LogP contribution < -0.4 is 5.32 Å². The molecule has 104 valence electrons. The molecule has 1 rings (SSSR count). The Morgan fingerprint density at radius 1 is 1.50 bits per heavy atom. The first kappa shape index (κ1) is 14.8. The molecule has 6 nitrogen and oxygen atoms in total. The van der Waals surface area contributed by atoms with Crippen LogP contribution in [0.25, 0.3) is 0 Å². The molecular weight excluding hydrogens is 238 g/mol. The van der Waals surface area contributed by atoms with Crippen molar-refractivity contribution in [3.63, 3.8) is 0 Å². The highest BCUT2D eigenvalue weighted by atomic mass is 16.6. The molecule has 0 aromatic heterocycles. The summed E-state index contributed by atoms with van der Waals surface area (Å²) in [6.07, 6.45) is 0.503. The van der Waals surface area contributed by atoms with Gasteiger partial charge in [-0.1, -0.05) is 0 Å². The molecule has 2 N–H and O–H groups in total. The van der Waals surface area contributed by atoms with Gasteiger partial charge >= 0.3 is 12.1 Å². The Morgan fingerprint density at radius 3 is 2.61 bits per heavy atom. The maximum absolute atomic E-state index is 11.5. The fourth-order valence-corrected chi connectivity index (χ4v) is 1.77. The summed E-state index contributed by atoms with van der Waals surface area (Å²) in [5, 5.41) is 11.5. The minimum absolute atomic E-state index is 0.182. The van der Waals surface area contributed by atoms with Crippen LogP contribution in [-0.4, -0.2) is 42.0 Å². The first-order valence-electron chi connectivity index (χ1n) is 6.08. The Kier molecular flexibility index (Phi) is 4.95. The molecule has 6 heteroatoms. The van der Waals surface area contributed by atoms with Crippen LogP contribution in [0.2, 0.25) is 0 Å². The fraction of sp³-hybridized carbons (Fsp3) is 0.833. The molecule has 0 bridgehead atoms. The molecule has 18 heavy (non-hydrogen) atoms. The van der Waals surface area contributed by atoms with E-state index in [0.717, 1.165) is 6.42 Å². The van der Waals surface area contributed by atoms with Gasteiger partial charge in [0.25, 0.3) is 0 Å². The lowest BCUT2D eigenvalue weighted by Crippen LogP contribution is -2.44. The zero-order valence-electron chi connectivity index (χ0n) is 11.1. The first-order chi connectivity index (χ1) is 8.28. The Labute approximate surface area is 107 Å². The van der Waals surface area contributed by atoms with E-state index in [1.54, 1.807) is 20.8 Å². The highest BCUT2D eigenvalue weighted by molar-refractivity contribution is 5.80. The molecule has 1 unspecified atom stereocenters. The summed E-state index contributed by atoms with van der Waals surface area (Å²) < 4.78 is 10.2. The Morgan fingerprint density at radius 2 is 2.17 bits per heavy atom. The molecule has 2 atom stereocenters. The number of nitrogens with one attached hydrogen (secondary N) is 1. The summed E-state index contributed by atoms with van der Waals surface area (Å²) in [5.74, 6) is -0.867. The van der Waals surface area contributed by atoms with Crippen molar-refractivity contribution in [3.05, 3.63) is 0 Å². The van der Waals surface area contributed by atoms with Crippen molar-refractivity contribution in [3.8, 4) is 0 Å². The van der Waals surface area contributed by atoms with Crippen molar-refractivity contribution in [2.75, 3.05) is 13.2 Å². The summed E-state index contributed by atoms with van der Waals surface area (Å²) in [5.41, 5.74) is -0.635. The minimum Gasteiger partial charge on any atom is -0.480 e. The zero-order chi connectivity index (χ0) is 13.8. The van der Waals surface area contributed by atoms with Gasteiger partial charge in [-0.15, -0.1) is 0 Å². The van der Waals surface area contributed by atoms with E-state index >= 15 is 0 Å². The molecule has 1 aliphatic rings. The van der Waals surface area contributed by atoms with E-state index in [1.807, 2.05) is 0 Å². The third-order valence-electron chi connectivity index (χ3n) is 2.58. The molecule has 0 saturated carbocycles. The number of carbonyl (C=O) groups is 2. The fourth-order valence-electron chi connectivity index (χ4n) is 1.77. The van der Waals surface area contributed by atoms with E-state index in [0.29, 0.717) is 19.6 Å². The predicted octanol–water partition coefficient (Wildman–Crippen LogP) is 1.39. The summed E-state index contributed by atoms with van der Waals surface area (Å²) in [6.45, 7) is 6.40. The van der Waals surface area contributed by atoms with Crippen LogP contribution in [0.5, 0.6) is 0 Å². The average Bonchev–Trinajstić information content (AvgIpc) is 2.66. The normalized spacial score (nSPS) is 21.4. The molecule has 1 heterocycles. The number of ether oxygens (including phenoxy) is 2. The highest BCUT2D eigenvalue weighted by Crippen LogP contribution is 2.18. The standard InChI is InChI=1S/C12H21NO5/c1-12(2,3)18-11(16)13-9(10(14)15)6-8-4-5-17-7-8/h8-9H,4-7H2,1-3H3,(H,13,16)(H,14,15)/t8?,9-/m0/s1. The van der Waals surface area contributed by atoms with Crippen molar-refractivity contribution in [1.82, 2.24) is 5.32 Å². The summed E-state index contributed by atoms with van der Waals surface area (Å²) >= 11 is 0. The molecule has 0 radical (unpaired) electrons. The van der Waals surface area contributed by atoms with Crippen molar-refractivity contribution in [2.45, 2.75) is 45.3 Å². The van der Waals surface area contributed by atoms with Crippen LogP contribution in [0.1, 0.15) is 33.6 Å². The third kappa shape index (κ3) is 5.35. The number of rotatable bonds is 4. The van der Waals surface area contributed by atoms with Gasteiger partial charge in [0.05, 0.1) is 0 Å². The van der Waals surface area contributed by atoms with Crippen LogP contribution >= 0.6 is 0 Å². The Hall–Kier alpha value is -1.30. The van der Waals surface area contributed by atoms with Gasteiger partial charge in [-0.2, -0.15) is 0 Å². The quantitative estimate of drug-likeness (QED) is 0.797. The first-order valence-corrected chi connectivity index (χ1v) is 6.08. The van der Waals surface area contributed by atoms with Gasteiger partial charge in [-0.05, 0) is 39.5 Å². The second-order valence-electron chi connectivity index (χ2n) is 5.50. The molecule has 0 aromatic carbocycles. The van der Waals surface area contributed by atoms with Gasteiger partial charge in [0.15, 0.2) is 0 Å². The van der Waals surface area contributed by atoms with Gasteiger partial charge in [-0.25, -0.2) is 9.59 Å². The van der Waals surface area contributed by atoms with Gasteiger partial charge in [0.1, 0.15) is 11.6 Å². The number of aliphatic carboxylic acids is 1. The maximum atomic E-state index is 11.5. The maximum Gasteiger partial charge on any atom is 0.408 e. The molecule has 1 fully saturated rings. The predicted molar refractivity (Wildman–Crippen MR) is 64.3 cm³/mol. The molecule has 1 aliphatic heterocycles. The van der Waals surface area contributed by atoms with E-state index in [9.17, 15) is 9.59 Å². The van der Waals surface area contributed by atoms with Crippen molar-refractivity contribution < 1.29 is 24.2 Å². The lowest BCUT2D eigenvalue weighted by Gasteiger charge is -2.22.